The Bertz CT molecular complexity index is 1160. The Kier molecular flexibility index (Phi) is 6.64. The van der Waals surface area contributed by atoms with Gasteiger partial charge in [-0.05, 0) is 43.0 Å². The fourth-order valence-electron chi connectivity index (χ4n) is 5.19. The number of benzene rings is 1. The van der Waals surface area contributed by atoms with E-state index in [2.05, 4.69) is 19.8 Å². The fraction of sp³-hybridized carbons (Fsp3) is 0.480. The van der Waals surface area contributed by atoms with Crippen molar-refractivity contribution in [1.82, 2.24) is 24.3 Å². The first-order chi connectivity index (χ1) is 16.9. The number of amides is 1. The van der Waals surface area contributed by atoms with E-state index in [1.54, 1.807) is 29.3 Å². The molecule has 2 aromatic heterocycles. The zero-order chi connectivity index (χ0) is 24.4. The summed E-state index contributed by atoms with van der Waals surface area (Å²) in [7, 11) is 0. The normalized spacial score (nSPS) is 19.9. The zero-order valence-electron chi connectivity index (χ0n) is 19.5. The average Bonchev–Trinajstić information content (AvgIpc) is 3.24. The Morgan fingerprint density at radius 1 is 1.00 bits per heavy atom. The van der Waals surface area contributed by atoms with Crippen molar-refractivity contribution in [1.29, 1.82) is 0 Å². The Balaban J connectivity index is 1.20. The van der Waals surface area contributed by atoms with E-state index in [1.807, 2.05) is 18.2 Å². The minimum atomic E-state index is -4.62. The molecule has 2 fully saturated rings. The summed E-state index contributed by atoms with van der Waals surface area (Å²) >= 11 is 0. The van der Waals surface area contributed by atoms with Crippen molar-refractivity contribution in [3.8, 4) is 0 Å². The van der Waals surface area contributed by atoms with Gasteiger partial charge in [-0.15, -0.1) is 0 Å². The molecule has 0 N–H and O–H groups in total. The number of piperidine rings is 1. The topological polar surface area (TPSA) is 57.5 Å². The predicted molar refractivity (Wildman–Crippen MR) is 127 cm³/mol. The molecule has 2 saturated heterocycles. The van der Waals surface area contributed by atoms with Crippen LogP contribution in [0.1, 0.15) is 18.7 Å². The van der Waals surface area contributed by atoms with Gasteiger partial charge in [0.2, 0.25) is 11.7 Å². The number of fused-ring (bicyclic) bond motifs is 1. The smallest absolute Gasteiger partial charge is 0.354 e. The number of hydrogen-bond acceptors (Lipinski definition) is 5. The largest absolute Gasteiger partial charge is 0.449 e. The first kappa shape index (κ1) is 23.6. The van der Waals surface area contributed by atoms with Crippen molar-refractivity contribution < 1.29 is 18.0 Å². The van der Waals surface area contributed by atoms with Crippen molar-refractivity contribution in [3.05, 3.63) is 54.5 Å². The van der Waals surface area contributed by atoms with Gasteiger partial charge >= 0.3 is 6.18 Å². The zero-order valence-corrected chi connectivity index (χ0v) is 19.5. The number of aromatic nitrogens is 3. The van der Waals surface area contributed by atoms with Crippen LogP contribution in [-0.2, 0) is 17.5 Å². The monoisotopic (exact) mass is 486 g/mol. The lowest BCUT2D eigenvalue weighted by Gasteiger charge is -2.39. The molecule has 0 bridgehead atoms. The molecular weight excluding hydrogens is 457 g/mol. The van der Waals surface area contributed by atoms with E-state index in [-0.39, 0.29) is 18.0 Å². The van der Waals surface area contributed by atoms with E-state index >= 15 is 0 Å². The molecule has 186 valence electrons. The molecular formula is C25H29F3N6O. The minimum Gasteiger partial charge on any atom is -0.354 e. The van der Waals surface area contributed by atoms with Gasteiger partial charge in [-0.1, -0.05) is 18.2 Å². The molecule has 1 amide bonds. The average molecular weight is 487 g/mol. The van der Waals surface area contributed by atoms with E-state index in [1.165, 1.54) is 6.07 Å². The van der Waals surface area contributed by atoms with Crippen LogP contribution in [0.2, 0.25) is 0 Å². The van der Waals surface area contributed by atoms with Crippen LogP contribution in [0.4, 0.5) is 19.0 Å². The summed E-state index contributed by atoms with van der Waals surface area (Å²) in [5, 5.41) is 0. The van der Waals surface area contributed by atoms with Crippen LogP contribution >= 0.6 is 0 Å². The van der Waals surface area contributed by atoms with Crippen molar-refractivity contribution in [3.63, 3.8) is 0 Å². The number of piperazine rings is 1. The van der Waals surface area contributed by atoms with Gasteiger partial charge in [0.1, 0.15) is 12.4 Å². The van der Waals surface area contributed by atoms with Crippen LogP contribution in [0, 0.1) is 5.92 Å². The highest BCUT2D eigenvalue weighted by molar-refractivity contribution is 5.81. The Hall–Kier alpha value is -3.14. The van der Waals surface area contributed by atoms with Gasteiger partial charge in [0.25, 0.3) is 0 Å². The van der Waals surface area contributed by atoms with Gasteiger partial charge in [-0.3, -0.25) is 9.69 Å². The molecule has 1 unspecified atom stereocenters. The summed E-state index contributed by atoms with van der Waals surface area (Å²) in [4.78, 5) is 27.7. The summed E-state index contributed by atoms with van der Waals surface area (Å²) in [6.45, 7) is 5.35. The number of anilines is 1. The number of halogens is 3. The number of carbonyl (C=O) groups is 1. The summed E-state index contributed by atoms with van der Waals surface area (Å²) < 4.78 is 41.9. The van der Waals surface area contributed by atoms with Crippen molar-refractivity contribution in [2.45, 2.75) is 25.6 Å². The maximum absolute atomic E-state index is 13.6. The number of pyridine rings is 1. The van der Waals surface area contributed by atoms with Crippen LogP contribution in [0.3, 0.4) is 0 Å². The van der Waals surface area contributed by atoms with Gasteiger partial charge in [0, 0.05) is 52.0 Å². The lowest BCUT2D eigenvalue weighted by Crippen LogP contribution is -2.50. The van der Waals surface area contributed by atoms with Crippen molar-refractivity contribution in [2.24, 2.45) is 5.92 Å². The molecule has 2 aliphatic rings. The number of rotatable bonds is 5. The molecule has 4 heterocycles. The number of hydrogen-bond donors (Lipinski definition) is 0. The van der Waals surface area contributed by atoms with E-state index in [4.69, 9.17) is 0 Å². The van der Waals surface area contributed by atoms with Gasteiger partial charge in [-0.25, -0.2) is 9.97 Å². The second-order valence-electron chi connectivity index (χ2n) is 9.33. The number of imidazole rings is 1. The van der Waals surface area contributed by atoms with Crippen molar-refractivity contribution in [2.75, 3.05) is 50.7 Å². The minimum absolute atomic E-state index is 0.244. The Labute approximate surface area is 202 Å². The van der Waals surface area contributed by atoms with Crippen LogP contribution in [0.25, 0.3) is 11.0 Å². The van der Waals surface area contributed by atoms with Crippen LogP contribution in [-0.4, -0.2) is 76.1 Å². The number of para-hydroxylation sites is 2. The SMILES string of the molecule is O=C(Cn1c(C(F)(F)F)nc2ccccc21)N1CCCC(CN2CCN(c3ccccn3)CC2)C1. The van der Waals surface area contributed by atoms with Crippen LogP contribution in [0.5, 0.6) is 0 Å². The molecule has 2 aliphatic heterocycles. The highest BCUT2D eigenvalue weighted by atomic mass is 19.4. The molecule has 3 aromatic rings. The summed E-state index contributed by atoms with van der Waals surface area (Å²) in [5.41, 5.74) is 0.571. The standard InChI is InChI=1S/C25H29F3N6O/c26-25(27,28)24-30-20-7-1-2-8-21(20)34(24)18-23(35)33-11-5-6-19(17-33)16-31-12-14-32(15-13-31)22-9-3-4-10-29-22/h1-4,7-10,19H,5-6,11-18H2. The third kappa shape index (κ3) is 5.27. The second-order valence-corrected chi connectivity index (χ2v) is 9.33. The van der Waals surface area contributed by atoms with Gasteiger partial charge in [0.05, 0.1) is 11.0 Å². The Morgan fingerprint density at radius 2 is 1.77 bits per heavy atom. The highest BCUT2D eigenvalue weighted by Gasteiger charge is 2.38. The fourth-order valence-corrected chi connectivity index (χ4v) is 5.19. The molecule has 10 heteroatoms. The molecule has 1 aromatic carbocycles. The number of alkyl halides is 3. The Morgan fingerprint density at radius 3 is 2.51 bits per heavy atom. The molecule has 0 aliphatic carbocycles. The summed E-state index contributed by atoms with van der Waals surface area (Å²) in [5.74, 6) is -0.00253. The lowest BCUT2D eigenvalue weighted by molar-refractivity contribution is -0.148. The molecule has 0 spiro atoms. The summed E-state index contributed by atoms with van der Waals surface area (Å²) in [6, 6.07) is 12.4. The third-order valence-corrected chi connectivity index (χ3v) is 6.94. The van der Waals surface area contributed by atoms with Crippen LogP contribution in [0.15, 0.2) is 48.7 Å². The van der Waals surface area contributed by atoms with Gasteiger partial charge < -0.3 is 14.4 Å². The second kappa shape index (κ2) is 9.85. The third-order valence-electron chi connectivity index (χ3n) is 6.94. The number of nitrogens with zero attached hydrogens (tertiary/aromatic N) is 6. The number of likely N-dealkylation sites (tertiary alicyclic amines) is 1. The van der Waals surface area contributed by atoms with Gasteiger partial charge in [0.15, 0.2) is 0 Å². The van der Waals surface area contributed by atoms with Crippen LogP contribution < -0.4 is 4.90 Å². The van der Waals surface area contributed by atoms with E-state index in [9.17, 15) is 18.0 Å². The summed E-state index contributed by atoms with van der Waals surface area (Å²) in [6.07, 6.45) is -0.937. The predicted octanol–water partition coefficient (Wildman–Crippen LogP) is 3.51. The molecule has 0 radical (unpaired) electrons. The molecule has 1 atom stereocenters. The highest BCUT2D eigenvalue weighted by Crippen LogP contribution is 2.31. The van der Waals surface area contributed by atoms with E-state index in [0.717, 1.165) is 56.0 Å². The lowest BCUT2D eigenvalue weighted by atomic mass is 9.97. The first-order valence-electron chi connectivity index (χ1n) is 12.1. The van der Waals surface area contributed by atoms with Gasteiger partial charge in [-0.2, -0.15) is 13.2 Å². The van der Waals surface area contributed by atoms with E-state index in [0.29, 0.717) is 24.5 Å². The van der Waals surface area contributed by atoms with Crippen molar-refractivity contribution >= 4 is 22.8 Å². The van der Waals surface area contributed by atoms with E-state index < -0.39 is 12.0 Å². The molecule has 5 rings (SSSR count). The number of carbonyl (C=O) groups excluding carboxylic acids is 1. The quantitative estimate of drug-likeness (QED) is 0.553. The molecule has 0 saturated carbocycles. The maximum Gasteiger partial charge on any atom is 0.449 e. The molecule has 7 nitrogen and oxygen atoms in total. The maximum atomic E-state index is 13.6. The first-order valence-corrected chi connectivity index (χ1v) is 12.1. The molecule has 35 heavy (non-hydrogen) atoms.